The van der Waals surface area contributed by atoms with E-state index in [0.717, 1.165) is 6.42 Å². The lowest BCUT2D eigenvalue weighted by molar-refractivity contribution is 0.102. The first-order valence-corrected chi connectivity index (χ1v) is 8.55. The summed E-state index contributed by atoms with van der Waals surface area (Å²) in [6, 6.07) is 8.39. The van der Waals surface area contributed by atoms with Crippen LogP contribution in [0.5, 0.6) is 5.75 Å². The minimum Gasteiger partial charge on any atom is -0.491 e. The first-order valence-electron chi connectivity index (χ1n) is 8.55. The molecule has 0 bridgehead atoms. The third-order valence-corrected chi connectivity index (χ3v) is 3.72. The fraction of sp³-hybridized carbons (Fsp3) is 0.316. The number of benzene rings is 1. The van der Waals surface area contributed by atoms with Crippen LogP contribution in [-0.2, 0) is 6.54 Å². The number of rotatable bonds is 6. The zero-order valence-corrected chi connectivity index (χ0v) is 15.0. The summed E-state index contributed by atoms with van der Waals surface area (Å²) < 4.78 is 12.6. The summed E-state index contributed by atoms with van der Waals surface area (Å²) >= 11 is 0. The second-order valence-corrected chi connectivity index (χ2v) is 6.21. The monoisotopic (exact) mass is 355 g/mol. The normalized spacial score (nSPS) is 11.1. The van der Waals surface area contributed by atoms with E-state index >= 15 is 0 Å². The minimum absolute atomic E-state index is 0.0113. The number of carbonyl (C=O) groups is 1. The van der Waals surface area contributed by atoms with Crippen LogP contribution in [0.3, 0.4) is 0 Å². The molecule has 0 aliphatic carbocycles. The first kappa shape index (κ1) is 17.7. The fourth-order valence-corrected chi connectivity index (χ4v) is 2.61. The number of anilines is 1. The summed E-state index contributed by atoms with van der Waals surface area (Å²) in [5.74, 6) is 0.620. The number of hydrogen-bond donors (Lipinski definition) is 1. The zero-order chi connectivity index (χ0) is 18.7. The van der Waals surface area contributed by atoms with E-state index in [1.807, 2.05) is 20.8 Å². The average molecular weight is 355 g/mol. The molecule has 0 unspecified atom stereocenters. The first-order chi connectivity index (χ1) is 12.5. The maximum absolute atomic E-state index is 12.5. The van der Waals surface area contributed by atoms with E-state index in [-0.39, 0.29) is 11.7 Å². The van der Waals surface area contributed by atoms with Crippen molar-refractivity contribution in [1.82, 2.24) is 9.78 Å². The van der Waals surface area contributed by atoms with Gasteiger partial charge in [0.05, 0.1) is 12.3 Å². The lowest BCUT2D eigenvalue weighted by Crippen LogP contribution is -2.22. The average Bonchev–Trinajstić information content (AvgIpc) is 3.00. The van der Waals surface area contributed by atoms with Crippen molar-refractivity contribution < 1.29 is 13.9 Å². The van der Waals surface area contributed by atoms with Gasteiger partial charge in [0.1, 0.15) is 22.7 Å². The number of carbonyl (C=O) groups excluding carboxylic acids is 1. The van der Waals surface area contributed by atoms with Crippen molar-refractivity contribution in [3.8, 4) is 5.75 Å². The molecule has 26 heavy (non-hydrogen) atoms. The molecule has 7 heteroatoms. The van der Waals surface area contributed by atoms with Gasteiger partial charge in [-0.2, -0.15) is 5.10 Å². The second kappa shape index (κ2) is 7.43. The van der Waals surface area contributed by atoms with Crippen molar-refractivity contribution in [1.29, 1.82) is 0 Å². The van der Waals surface area contributed by atoms with Gasteiger partial charge in [0.15, 0.2) is 0 Å². The Morgan fingerprint density at radius 2 is 2.12 bits per heavy atom. The third-order valence-electron chi connectivity index (χ3n) is 3.72. The lowest BCUT2D eigenvalue weighted by Gasteiger charge is -2.10. The highest BCUT2D eigenvalue weighted by atomic mass is 16.5. The molecule has 1 amide bonds. The van der Waals surface area contributed by atoms with Gasteiger partial charge in [0.25, 0.3) is 5.91 Å². The second-order valence-electron chi connectivity index (χ2n) is 6.21. The number of aryl methyl sites for hydroxylation is 1. The van der Waals surface area contributed by atoms with Crippen LogP contribution in [0.1, 0.15) is 37.6 Å². The smallest absolute Gasteiger partial charge is 0.349 e. The molecule has 2 aromatic heterocycles. The number of hydrogen-bond acceptors (Lipinski definition) is 5. The summed E-state index contributed by atoms with van der Waals surface area (Å²) in [7, 11) is 0. The molecule has 0 saturated heterocycles. The number of amides is 1. The summed E-state index contributed by atoms with van der Waals surface area (Å²) in [5.41, 5.74) is -0.377. The predicted molar refractivity (Wildman–Crippen MR) is 98.7 cm³/mol. The molecule has 0 radical (unpaired) electrons. The number of nitrogens with one attached hydrogen (secondary N) is 1. The number of nitrogens with zero attached hydrogens (tertiary/aromatic N) is 2. The van der Waals surface area contributed by atoms with Gasteiger partial charge >= 0.3 is 5.63 Å². The highest BCUT2D eigenvalue weighted by Gasteiger charge is 2.16. The van der Waals surface area contributed by atoms with E-state index in [4.69, 9.17) is 9.15 Å². The summed E-state index contributed by atoms with van der Waals surface area (Å²) in [6.45, 7) is 6.52. The number of aromatic nitrogens is 2. The third kappa shape index (κ3) is 3.77. The van der Waals surface area contributed by atoms with Crippen LogP contribution in [0.2, 0.25) is 0 Å². The number of ether oxygens (including phenoxy) is 1. The Bertz CT molecular complexity index is 988. The van der Waals surface area contributed by atoms with E-state index in [9.17, 15) is 9.59 Å². The summed E-state index contributed by atoms with van der Waals surface area (Å²) in [5, 5.41) is 7.50. The SMILES string of the molecule is CCCn1nccc1NC(=O)c1cc2ccc(OC(C)C)cc2oc1=O. The lowest BCUT2D eigenvalue weighted by atomic mass is 10.1. The van der Waals surface area contributed by atoms with Gasteiger partial charge in [-0.05, 0) is 38.5 Å². The van der Waals surface area contributed by atoms with E-state index in [1.165, 1.54) is 6.07 Å². The molecule has 3 rings (SSSR count). The molecule has 136 valence electrons. The molecule has 0 fully saturated rings. The largest absolute Gasteiger partial charge is 0.491 e. The van der Waals surface area contributed by atoms with Gasteiger partial charge in [-0.25, -0.2) is 9.48 Å². The zero-order valence-electron chi connectivity index (χ0n) is 15.0. The van der Waals surface area contributed by atoms with E-state index in [1.54, 1.807) is 35.1 Å². The molecule has 0 atom stereocenters. The fourth-order valence-electron chi connectivity index (χ4n) is 2.61. The molecular formula is C19H21N3O4. The number of fused-ring (bicyclic) bond motifs is 1. The highest BCUT2D eigenvalue weighted by Crippen LogP contribution is 2.21. The maximum Gasteiger partial charge on any atom is 0.349 e. The van der Waals surface area contributed by atoms with Crippen LogP contribution in [0, 0.1) is 0 Å². The van der Waals surface area contributed by atoms with Crippen LogP contribution >= 0.6 is 0 Å². The quantitative estimate of drug-likeness (QED) is 0.685. The van der Waals surface area contributed by atoms with Crippen LogP contribution < -0.4 is 15.7 Å². The van der Waals surface area contributed by atoms with Crippen LogP contribution in [0.15, 0.2) is 45.7 Å². The van der Waals surface area contributed by atoms with Crippen molar-refractivity contribution in [2.24, 2.45) is 0 Å². The molecule has 0 spiro atoms. The van der Waals surface area contributed by atoms with Gasteiger partial charge in [-0.3, -0.25) is 4.79 Å². The Kier molecular flexibility index (Phi) is 5.06. The Labute approximate surface area is 150 Å². The van der Waals surface area contributed by atoms with Crippen molar-refractivity contribution in [3.05, 3.63) is 52.5 Å². The van der Waals surface area contributed by atoms with E-state index < -0.39 is 11.5 Å². The predicted octanol–water partition coefficient (Wildman–Crippen LogP) is 3.44. The van der Waals surface area contributed by atoms with E-state index in [2.05, 4.69) is 10.4 Å². The van der Waals surface area contributed by atoms with Gasteiger partial charge < -0.3 is 14.5 Å². The van der Waals surface area contributed by atoms with Crippen LogP contribution in [0.25, 0.3) is 11.0 Å². The molecule has 7 nitrogen and oxygen atoms in total. The molecule has 1 aromatic carbocycles. The van der Waals surface area contributed by atoms with Gasteiger partial charge in [0, 0.05) is 24.1 Å². The maximum atomic E-state index is 12.5. The van der Waals surface area contributed by atoms with Gasteiger partial charge in [-0.1, -0.05) is 6.92 Å². The Morgan fingerprint density at radius 1 is 1.31 bits per heavy atom. The van der Waals surface area contributed by atoms with Crippen LogP contribution in [-0.4, -0.2) is 21.8 Å². The molecule has 0 aliphatic rings. The highest BCUT2D eigenvalue weighted by molar-refractivity contribution is 6.05. The molecule has 0 saturated carbocycles. The van der Waals surface area contributed by atoms with Crippen molar-refractivity contribution in [2.75, 3.05) is 5.32 Å². The Hall–Kier alpha value is -3.09. The van der Waals surface area contributed by atoms with Gasteiger partial charge in [-0.15, -0.1) is 0 Å². The summed E-state index contributed by atoms with van der Waals surface area (Å²) in [4.78, 5) is 24.8. The van der Waals surface area contributed by atoms with Crippen LogP contribution in [0.4, 0.5) is 5.82 Å². The van der Waals surface area contributed by atoms with Crippen molar-refractivity contribution >= 4 is 22.7 Å². The minimum atomic E-state index is -0.696. The molecular weight excluding hydrogens is 334 g/mol. The van der Waals surface area contributed by atoms with Crippen molar-refractivity contribution in [2.45, 2.75) is 39.8 Å². The summed E-state index contributed by atoms with van der Waals surface area (Å²) in [6.07, 6.45) is 2.49. The van der Waals surface area contributed by atoms with E-state index in [0.29, 0.717) is 29.1 Å². The Morgan fingerprint density at radius 3 is 2.85 bits per heavy atom. The standard InChI is InChI=1S/C19H21N3O4/c1-4-9-22-17(7-8-20-22)21-18(23)15-10-13-5-6-14(25-12(2)3)11-16(13)26-19(15)24/h5-8,10-12H,4,9H2,1-3H3,(H,21,23). The molecule has 1 N–H and O–H groups in total. The molecule has 3 aromatic rings. The Balaban J connectivity index is 1.89. The topological polar surface area (TPSA) is 86.4 Å². The van der Waals surface area contributed by atoms with Crippen molar-refractivity contribution in [3.63, 3.8) is 0 Å². The molecule has 2 heterocycles. The van der Waals surface area contributed by atoms with Gasteiger partial charge in [0.2, 0.25) is 0 Å². The molecule has 0 aliphatic heterocycles.